The summed E-state index contributed by atoms with van der Waals surface area (Å²) in [4.78, 5) is 36.8. The van der Waals surface area contributed by atoms with E-state index < -0.39 is 29.6 Å². The Balaban J connectivity index is 2.09. The molecule has 194 valence electrons. The first kappa shape index (κ1) is 28.8. The van der Waals surface area contributed by atoms with Crippen molar-refractivity contribution in [2.24, 2.45) is 11.0 Å². The van der Waals surface area contributed by atoms with E-state index in [1.54, 1.807) is 39.8 Å². The number of carbonyl (C=O) groups is 3. The monoisotopic (exact) mass is 565 g/mol. The Labute approximate surface area is 217 Å². The van der Waals surface area contributed by atoms with E-state index in [0.29, 0.717) is 28.1 Å². The molecule has 0 heterocycles. The molecular formula is C25H29BrFN3O6. The maximum absolute atomic E-state index is 13.1. The Morgan fingerprint density at radius 2 is 1.78 bits per heavy atom. The molecule has 0 aromatic heterocycles. The minimum Gasteiger partial charge on any atom is -0.490 e. The molecule has 11 heteroatoms. The second kappa shape index (κ2) is 14.2. The van der Waals surface area contributed by atoms with Crippen LogP contribution in [0.3, 0.4) is 0 Å². The van der Waals surface area contributed by atoms with Crippen molar-refractivity contribution < 1.29 is 33.0 Å². The molecule has 0 aliphatic rings. The van der Waals surface area contributed by atoms with Gasteiger partial charge in [0.25, 0.3) is 11.8 Å². The Kier molecular flexibility index (Phi) is 11.3. The lowest BCUT2D eigenvalue weighted by Gasteiger charge is -2.20. The Morgan fingerprint density at radius 1 is 1.08 bits per heavy atom. The zero-order valence-corrected chi connectivity index (χ0v) is 22.1. The largest absolute Gasteiger partial charge is 0.490 e. The standard InChI is InChI=1S/C25H29BrFN3O6/c1-5-34-20-12-16(11-19(26)23(20)36-14-21(31)35-6-2)13-28-30-25(33)22(15(3)4)29-24(32)17-7-9-18(27)10-8-17/h7-13,15,22H,5-6,14H2,1-4H3,(H,29,32)(H,30,33). The number of hydrogen-bond acceptors (Lipinski definition) is 7. The number of hydrazone groups is 1. The van der Waals surface area contributed by atoms with Crippen LogP contribution in [0.2, 0.25) is 0 Å². The molecule has 2 aromatic carbocycles. The molecule has 0 saturated carbocycles. The average molecular weight is 566 g/mol. The highest BCUT2D eigenvalue weighted by atomic mass is 79.9. The molecule has 2 N–H and O–H groups in total. The van der Waals surface area contributed by atoms with Gasteiger partial charge in [-0.3, -0.25) is 9.59 Å². The van der Waals surface area contributed by atoms with Crippen LogP contribution in [0.25, 0.3) is 0 Å². The molecule has 2 amide bonds. The van der Waals surface area contributed by atoms with Gasteiger partial charge in [-0.05, 0) is 77.7 Å². The van der Waals surface area contributed by atoms with E-state index in [-0.39, 0.29) is 24.7 Å². The second-order valence-electron chi connectivity index (χ2n) is 7.79. The summed E-state index contributed by atoms with van der Waals surface area (Å²) in [5, 5.41) is 6.64. The molecule has 1 unspecified atom stereocenters. The van der Waals surface area contributed by atoms with Crippen molar-refractivity contribution in [3.05, 3.63) is 57.8 Å². The number of rotatable bonds is 12. The molecule has 2 rings (SSSR count). The van der Waals surface area contributed by atoms with E-state index in [4.69, 9.17) is 14.2 Å². The zero-order valence-electron chi connectivity index (χ0n) is 20.5. The Bertz CT molecular complexity index is 1090. The summed E-state index contributed by atoms with van der Waals surface area (Å²) in [6, 6.07) is 7.47. The fraction of sp³-hybridized carbons (Fsp3) is 0.360. The molecule has 9 nitrogen and oxygen atoms in total. The maximum atomic E-state index is 13.1. The SMILES string of the molecule is CCOC(=O)COc1c(Br)cc(C=NNC(=O)C(NC(=O)c2ccc(F)cc2)C(C)C)cc1OCC. The summed E-state index contributed by atoms with van der Waals surface area (Å²) in [6.45, 7) is 7.38. The van der Waals surface area contributed by atoms with Crippen LogP contribution in [0, 0.1) is 11.7 Å². The van der Waals surface area contributed by atoms with Crippen molar-refractivity contribution >= 4 is 39.9 Å². The highest BCUT2D eigenvalue weighted by Crippen LogP contribution is 2.36. The van der Waals surface area contributed by atoms with Crippen LogP contribution in [0.5, 0.6) is 11.5 Å². The van der Waals surface area contributed by atoms with Gasteiger partial charge in [-0.2, -0.15) is 5.10 Å². The molecule has 0 bridgehead atoms. The van der Waals surface area contributed by atoms with Crippen molar-refractivity contribution in [2.45, 2.75) is 33.7 Å². The molecule has 0 spiro atoms. The molecule has 36 heavy (non-hydrogen) atoms. The lowest BCUT2D eigenvalue weighted by atomic mass is 10.0. The maximum Gasteiger partial charge on any atom is 0.344 e. The van der Waals surface area contributed by atoms with Crippen molar-refractivity contribution in [3.8, 4) is 11.5 Å². The van der Waals surface area contributed by atoms with Crippen LogP contribution in [0.15, 0.2) is 46.0 Å². The molecule has 2 aromatic rings. The van der Waals surface area contributed by atoms with Crippen LogP contribution < -0.4 is 20.2 Å². The van der Waals surface area contributed by atoms with Crippen LogP contribution >= 0.6 is 15.9 Å². The Morgan fingerprint density at radius 3 is 2.39 bits per heavy atom. The summed E-state index contributed by atoms with van der Waals surface area (Å²) in [5.74, 6) is -1.53. The molecule has 0 radical (unpaired) electrons. The molecular weight excluding hydrogens is 537 g/mol. The van der Waals surface area contributed by atoms with Crippen molar-refractivity contribution in [3.63, 3.8) is 0 Å². The lowest BCUT2D eigenvalue weighted by Crippen LogP contribution is -2.48. The summed E-state index contributed by atoms with van der Waals surface area (Å²) in [7, 11) is 0. The van der Waals surface area contributed by atoms with Gasteiger partial charge in [-0.15, -0.1) is 0 Å². The molecule has 0 aliphatic heterocycles. The Hall–Kier alpha value is -3.47. The summed E-state index contributed by atoms with van der Waals surface area (Å²) >= 11 is 3.40. The number of carbonyl (C=O) groups excluding carboxylic acids is 3. The number of amides is 2. The predicted octanol–water partition coefficient (Wildman–Crippen LogP) is 3.83. The third kappa shape index (κ3) is 8.63. The molecule has 0 saturated heterocycles. The van der Waals surface area contributed by atoms with Gasteiger partial charge in [0.15, 0.2) is 18.1 Å². The number of hydrogen-bond donors (Lipinski definition) is 2. The fourth-order valence-corrected chi connectivity index (χ4v) is 3.57. The van der Waals surface area contributed by atoms with Crippen molar-refractivity contribution in [1.29, 1.82) is 0 Å². The van der Waals surface area contributed by atoms with Gasteiger partial charge in [0.1, 0.15) is 11.9 Å². The highest BCUT2D eigenvalue weighted by molar-refractivity contribution is 9.10. The normalized spacial score (nSPS) is 11.8. The minimum atomic E-state index is -0.871. The summed E-state index contributed by atoms with van der Waals surface area (Å²) in [5.41, 5.74) is 3.23. The van der Waals surface area contributed by atoms with Gasteiger partial charge in [0, 0.05) is 5.56 Å². The average Bonchev–Trinajstić information content (AvgIpc) is 2.82. The van der Waals surface area contributed by atoms with E-state index in [1.165, 1.54) is 30.5 Å². The minimum absolute atomic E-state index is 0.233. The van der Waals surface area contributed by atoms with Crippen LogP contribution in [0.4, 0.5) is 4.39 Å². The molecule has 1 atom stereocenters. The number of nitrogens with zero attached hydrogens (tertiary/aromatic N) is 1. The highest BCUT2D eigenvalue weighted by Gasteiger charge is 2.24. The molecule has 0 fully saturated rings. The smallest absolute Gasteiger partial charge is 0.344 e. The van der Waals surface area contributed by atoms with Crippen LogP contribution in [-0.2, 0) is 14.3 Å². The summed E-state index contributed by atoms with van der Waals surface area (Å²) in [6.07, 6.45) is 1.40. The third-order valence-electron chi connectivity index (χ3n) is 4.70. The first-order valence-electron chi connectivity index (χ1n) is 11.3. The number of halogens is 2. The summed E-state index contributed by atoms with van der Waals surface area (Å²) < 4.78 is 29.7. The second-order valence-corrected chi connectivity index (χ2v) is 8.65. The van der Waals surface area contributed by atoms with Crippen LogP contribution in [-0.4, -0.2) is 49.9 Å². The zero-order chi connectivity index (χ0) is 26.7. The van der Waals surface area contributed by atoms with E-state index >= 15 is 0 Å². The van der Waals surface area contributed by atoms with Gasteiger partial charge in [0.2, 0.25) is 0 Å². The van der Waals surface area contributed by atoms with Crippen molar-refractivity contribution in [2.75, 3.05) is 19.8 Å². The fourth-order valence-electron chi connectivity index (χ4n) is 3.00. The van der Waals surface area contributed by atoms with E-state index in [9.17, 15) is 18.8 Å². The van der Waals surface area contributed by atoms with Gasteiger partial charge in [-0.1, -0.05) is 13.8 Å². The van der Waals surface area contributed by atoms with Crippen LogP contribution in [0.1, 0.15) is 43.6 Å². The molecule has 0 aliphatic carbocycles. The number of nitrogens with one attached hydrogen (secondary N) is 2. The van der Waals surface area contributed by atoms with Crippen molar-refractivity contribution in [1.82, 2.24) is 10.7 Å². The van der Waals surface area contributed by atoms with E-state index in [0.717, 1.165) is 0 Å². The first-order chi connectivity index (χ1) is 17.2. The van der Waals surface area contributed by atoms with Gasteiger partial charge < -0.3 is 19.5 Å². The van der Waals surface area contributed by atoms with Gasteiger partial charge in [0.05, 0.1) is 23.9 Å². The topological polar surface area (TPSA) is 115 Å². The van der Waals surface area contributed by atoms with E-state index in [2.05, 4.69) is 31.8 Å². The van der Waals surface area contributed by atoms with E-state index in [1.807, 2.05) is 0 Å². The predicted molar refractivity (Wildman–Crippen MR) is 136 cm³/mol. The van der Waals surface area contributed by atoms with Gasteiger partial charge >= 0.3 is 5.97 Å². The van der Waals surface area contributed by atoms with Gasteiger partial charge in [-0.25, -0.2) is 14.6 Å². The number of ether oxygens (including phenoxy) is 3. The first-order valence-corrected chi connectivity index (χ1v) is 12.1. The number of benzene rings is 2. The third-order valence-corrected chi connectivity index (χ3v) is 5.29. The quantitative estimate of drug-likeness (QED) is 0.229. The lowest BCUT2D eigenvalue weighted by molar-refractivity contribution is -0.145. The number of esters is 1.